The van der Waals surface area contributed by atoms with Crippen LogP contribution in [0.2, 0.25) is 0 Å². The fraction of sp³-hybridized carbons (Fsp3) is 0.154. The fourth-order valence-electron chi connectivity index (χ4n) is 2.20. The molecule has 3 rings (SSSR count). The highest BCUT2D eigenvalue weighted by Gasteiger charge is 2.09. The van der Waals surface area contributed by atoms with Crippen LogP contribution in [-0.2, 0) is 14.1 Å². The van der Waals surface area contributed by atoms with Gasteiger partial charge in [0.05, 0.1) is 0 Å². The maximum Gasteiger partial charge on any atom is 0.282 e. The summed E-state index contributed by atoms with van der Waals surface area (Å²) < 4.78 is 30.0. The standard InChI is InChI=1S/C13H13N2.IO3/c1-14-8-7-11-10-5-3-4-6-12(10)15(2)13(11)9-14;2-1(3)4/h3-9H,1-2H3;/q+1;-1. The molecule has 0 aliphatic rings. The monoisotopic (exact) mass is 372 g/mol. The summed E-state index contributed by atoms with van der Waals surface area (Å²) in [5.74, 6) is 0. The molecule has 6 heteroatoms. The highest BCUT2D eigenvalue weighted by molar-refractivity contribution is 6.07. The molecule has 100 valence electrons. The van der Waals surface area contributed by atoms with Crippen molar-refractivity contribution in [2.24, 2.45) is 14.1 Å². The largest absolute Gasteiger partial charge is 0.427 e. The lowest BCUT2D eigenvalue weighted by Crippen LogP contribution is -4.05. The van der Waals surface area contributed by atoms with Crippen LogP contribution < -0.4 is 35.9 Å². The zero-order chi connectivity index (χ0) is 14.0. The number of aryl methyl sites for hydroxylation is 2. The van der Waals surface area contributed by atoms with E-state index in [2.05, 4.69) is 66.0 Å². The summed E-state index contributed by atoms with van der Waals surface area (Å²) in [5.41, 5.74) is 2.57. The molecule has 0 radical (unpaired) electrons. The lowest BCUT2D eigenvalue weighted by molar-refractivity contribution is -1.73. The van der Waals surface area contributed by atoms with Crippen LogP contribution in [0.1, 0.15) is 0 Å². The predicted molar refractivity (Wildman–Crippen MR) is 61.6 cm³/mol. The van der Waals surface area contributed by atoms with Gasteiger partial charge in [0.15, 0.2) is 12.4 Å². The van der Waals surface area contributed by atoms with Gasteiger partial charge in [-0.25, -0.2) is 4.57 Å². The van der Waals surface area contributed by atoms with Crippen molar-refractivity contribution in [1.82, 2.24) is 4.57 Å². The average Bonchev–Trinajstić information content (AvgIpc) is 2.63. The van der Waals surface area contributed by atoms with E-state index < -0.39 is 21.1 Å². The minimum atomic E-state index is -4.01. The van der Waals surface area contributed by atoms with Crippen LogP contribution in [0.15, 0.2) is 42.7 Å². The van der Waals surface area contributed by atoms with Gasteiger partial charge in [-0.2, -0.15) is 0 Å². The molecule has 0 amide bonds. The number of halogens is 1. The molecule has 19 heavy (non-hydrogen) atoms. The van der Waals surface area contributed by atoms with Crippen LogP contribution in [0, 0.1) is 0 Å². The van der Waals surface area contributed by atoms with E-state index in [0.717, 1.165) is 0 Å². The van der Waals surface area contributed by atoms with E-state index in [1.165, 1.54) is 21.8 Å². The van der Waals surface area contributed by atoms with E-state index >= 15 is 0 Å². The van der Waals surface area contributed by atoms with E-state index in [9.17, 15) is 0 Å². The SMILES string of the molecule is Cn1c2ccccc2c2cc[n+](C)cc21.[O-][I+2]([O-])[O-]. The van der Waals surface area contributed by atoms with Crippen LogP contribution in [0.3, 0.4) is 0 Å². The summed E-state index contributed by atoms with van der Waals surface area (Å²) in [6, 6.07) is 10.7. The molecule has 0 fully saturated rings. The van der Waals surface area contributed by atoms with Crippen LogP contribution in [-0.4, -0.2) is 4.57 Å². The number of nitrogens with zero attached hydrogens (tertiary/aromatic N) is 2. The Hall–Kier alpha value is -1.22. The minimum Gasteiger partial charge on any atom is -0.427 e. The van der Waals surface area contributed by atoms with Crippen LogP contribution in [0.4, 0.5) is 0 Å². The molecule has 0 bridgehead atoms. The smallest absolute Gasteiger partial charge is 0.282 e. The van der Waals surface area contributed by atoms with E-state index in [4.69, 9.17) is 10.3 Å². The van der Waals surface area contributed by atoms with Crippen molar-refractivity contribution < 1.29 is 35.9 Å². The highest BCUT2D eigenvalue weighted by atomic mass is 127. The van der Waals surface area contributed by atoms with E-state index in [1.54, 1.807) is 0 Å². The molecule has 2 aromatic heterocycles. The predicted octanol–water partition coefficient (Wildman–Crippen LogP) is -4.41. The van der Waals surface area contributed by atoms with Gasteiger partial charge in [0.25, 0.3) is 21.1 Å². The lowest BCUT2D eigenvalue weighted by atomic mass is 10.2. The number of fused-ring (bicyclic) bond motifs is 3. The molecule has 5 nitrogen and oxygen atoms in total. The number of aromatic nitrogens is 2. The molecule has 0 aliphatic heterocycles. The second-order valence-corrected chi connectivity index (χ2v) is 5.25. The molecular formula is C13H13IN2O3. The number of para-hydroxylation sites is 1. The van der Waals surface area contributed by atoms with Crippen molar-refractivity contribution in [3.8, 4) is 0 Å². The summed E-state index contributed by atoms with van der Waals surface area (Å²) >= 11 is -4.01. The highest BCUT2D eigenvalue weighted by Crippen LogP contribution is 2.26. The van der Waals surface area contributed by atoms with E-state index in [0.29, 0.717) is 0 Å². The summed E-state index contributed by atoms with van der Waals surface area (Å²) in [6.45, 7) is 0. The molecule has 0 saturated heterocycles. The van der Waals surface area contributed by atoms with Crippen molar-refractivity contribution in [1.29, 1.82) is 0 Å². The maximum absolute atomic E-state index is 8.57. The quantitative estimate of drug-likeness (QED) is 0.295. The Bertz CT molecular complexity index is 707. The van der Waals surface area contributed by atoms with Crippen molar-refractivity contribution in [2.45, 2.75) is 0 Å². The van der Waals surface area contributed by atoms with Gasteiger partial charge in [0, 0.05) is 29.4 Å². The van der Waals surface area contributed by atoms with Gasteiger partial charge in [-0.05, 0) is 6.07 Å². The molecule has 0 unspecified atom stereocenters. The van der Waals surface area contributed by atoms with Crippen LogP contribution in [0.5, 0.6) is 0 Å². The van der Waals surface area contributed by atoms with Crippen molar-refractivity contribution in [3.05, 3.63) is 42.7 Å². The Morgan fingerprint density at radius 3 is 2.26 bits per heavy atom. The number of pyridine rings is 1. The molecule has 0 saturated carbocycles. The Balaban J connectivity index is 0.000000297. The minimum absolute atomic E-state index is 1.28. The number of benzene rings is 1. The third-order valence-electron chi connectivity index (χ3n) is 3.00. The topological polar surface area (TPSA) is 78.0 Å². The number of rotatable bonds is 0. The Morgan fingerprint density at radius 2 is 1.58 bits per heavy atom. The molecule has 0 aliphatic carbocycles. The summed E-state index contributed by atoms with van der Waals surface area (Å²) in [6.07, 6.45) is 4.25. The number of hydrogen-bond acceptors (Lipinski definition) is 3. The molecule has 0 atom stereocenters. The van der Waals surface area contributed by atoms with Crippen molar-refractivity contribution in [2.75, 3.05) is 0 Å². The summed E-state index contributed by atoms with van der Waals surface area (Å²) in [5, 5.41) is 2.65. The average molecular weight is 372 g/mol. The van der Waals surface area contributed by atoms with E-state index in [-0.39, 0.29) is 0 Å². The van der Waals surface area contributed by atoms with Crippen LogP contribution >= 0.6 is 0 Å². The zero-order valence-electron chi connectivity index (χ0n) is 10.5. The third kappa shape index (κ3) is 3.03. The molecule has 2 heterocycles. The van der Waals surface area contributed by atoms with Gasteiger partial charge >= 0.3 is 0 Å². The van der Waals surface area contributed by atoms with Crippen molar-refractivity contribution >= 4 is 21.8 Å². The maximum atomic E-state index is 8.57. The van der Waals surface area contributed by atoms with Gasteiger partial charge in [0.2, 0.25) is 0 Å². The lowest BCUT2D eigenvalue weighted by Gasteiger charge is -1.94. The van der Waals surface area contributed by atoms with Gasteiger partial charge in [-0.15, -0.1) is 0 Å². The summed E-state index contributed by atoms with van der Waals surface area (Å²) in [4.78, 5) is 0. The van der Waals surface area contributed by atoms with Gasteiger partial charge in [-0.3, -0.25) is 0 Å². The normalized spacial score (nSPS) is 10.8. The second kappa shape index (κ2) is 5.83. The molecule has 0 spiro atoms. The Kier molecular flexibility index (Phi) is 4.35. The third-order valence-corrected chi connectivity index (χ3v) is 3.00. The molecular weight excluding hydrogens is 359 g/mol. The van der Waals surface area contributed by atoms with Gasteiger partial charge in [-0.1, -0.05) is 18.2 Å². The first-order valence-corrected chi connectivity index (χ1v) is 8.20. The first kappa shape index (κ1) is 14.2. The van der Waals surface area contributed by atoms with Crippen LogP contribution in [0.25, 0.3) is 21.8 Å². The molecule has 0 N–H and O–H groups in total. The van der Waals surface area contributed by atoms with Gasteiger partial charge in [0.1, 0.15) is 12.6 Å². The van der Waals surface area contributed by atoms with Gasteiger partial charge < -0.3 is 14.9 Å². The first-order valence-electron chi connectivity index (χ1n) is 5.56. The van der Waals surface area contributed by atoms with E-state index in [1.807, 2.05) is 0 Å². The zero-order valence-corrected chi connectivity index (χ0v) is 12.7. The number of hydrogen-bond donors (Lipinski definition) is 0. The molecule has 1 aromatic carbocycles. The second-order valence-electron chi connectivity index (χ2n) is 4.17. The summed E-state index contributed by atoms with van der Waals surface area (Å²) in [7, 11) is 4.17. The fourth-order valence-corrected chi connectivity index (χ4v) is 2.20. The van der Waals surface area contributed by atoms with Crippen molar-refractivity contribution in [3.63, 3.8) is 0 Å². The molecule has 3 aromatic rings. The Labute approximate surface area is 119 Å². The Morgan fingerprint density at radius 1 is 1.00 bits per heavy atom. The first-order chi connectivity index (χ1) is 9.00.